The molecule has 1 aromatic heterocycles. The van der Waals surface area contributed by atoms with E-state index in [2.05, 4.69) is 15.6 Å². The average Bonchev–Trinajstić information content (AvgIpc) is 2.66. The molecule has 2 heterocycles. The van der Waals surface area contributed by atoms with Crippen molar-refractivity contribution in [3.8, 4) is 0 Å². The van der Waals surface area contributed by atoms with E-state index in [-0.39, 0.29) is 5.91 Å². The van der Waals surface area contributed by atoms with Gasteiger partial charge in [-0.15, -0.1) is 10.2 Å². The quantitative estimate of drug-likeness (QED) is 0.756. The van der Waals surface area contributed by atoms with E-state index in [9.17, 15) is 4.79 Å². The Morgan fingerprint density at radius 2 is 2.07 bits per heavy atom. The van der Waals surface area contributed by atoms with Crippen LogP contribution < -0.4 is 11.2 Å². The molecule has 0 spiro atoms. The molecule has 1 aliphatic rings. The van der Waals surface area contributed by atoms with Gasteiger partial charge < -0.3 is 5.73 Å². The van der Waals surface area contributed by atoms with Gasteiger partial charge in [-0.2, -0.15) is 0 Å². The Balaban J connectivity index is 1.91. The van der Waals surface area contributed by atoms with Gasteiger partial charge in [-0.1, -0.05) is 17.8 Å². The van der Waals surface area contributed by atoms with Crippen molar-refractivity contribution in [2.75, 3.05) is 18.8 Å². The minimum Gasteiger partial charge on any atom is -0.374 e. The largest absolute Gasteiger partial charge is 0.374 e. The van der Waals surface area contributed by atoms with Gasteiger partial charge in [-0.3, -0.25) is 10.2 Å². The second-order valence-corrected chi connectivity index (χ2v) is 4.44. The number of nitrogens with zero attached hydrogens (tertiary/aromatic N) is 3. The molecule has 1 saturated heterocycles. The maximum atomic E-state index is 11.6. The number of carbonyl (C=O) groups is 1. The van der Waals surface area contributed by atoms with Gasteiger partial charge in [0.1, 0.15) is 0 Å². The molecule has 0 unspecified atom stereocenters. The molecule has 0 saturated carbocycles. The molecule has 2 rings (SSSR count). The van der Waals surface area contributed by atoms with Crippen LogP contribution in [0.25, 0.3) is 0 Å². The fourth-order valence-corrected chi connectivity index (χ4v) is 2.02. The number of piperidine rings is 1. The first-order valence-electron chi connectivity index (χ1n) is 4.90. The monoisotopic (exact) mass is 227 g/mol. The van der Waals surface area contributed by atoms with Crippen molar-refractivity contribution in [3.05, 3.63) is 5.01 Å². The number of anilines is 1. The number of amides is 1. The highest BCUT2D eigenvalue weighted by Crippen LogP contribution is 2.11. The fraction of sp³-hybridized carbons (Fsp3) is 0.625. The molecule has 0 aliphatic carbocycles. The van der Waals surface area contributed by atoms with Crippen molar-refractivity contribution in [1.82, 2.24) is 20.6 Å². The van der Waals surface area contributed by atoms with E-state index in [1.807, 2.05) is 5.01 Å². The molecule has 0 radical (unpaired) electrons. The van der Waals surface area contributed by atoms with Gasteiger partial charge in [-0.25, -0.2) is 5.01 Å². The van der Waals surface area contributed by atoms with Gasteiger partial charge in [-0.05, 0) is 12.8 Å². The molecule has 1 aromatic rings. The lowest BCUT2D eigenvalue weighted by atomic mass is 10.2. The predicted molar refractivity (Wildman–Crippen MR) is 57.2 cm³/mol. The van der Waals surface area contributed by atoms with Crippen LogP contribution >= 0.6 is 11.3 Å². The average molecular weight is 227 g/mol. The molecule has 0 bridgehead atoms. The zero-order chi connectivity index (χ0) is 10.7. The van der Waals surface area contributed by atoms with E-state index >= 15 is 0 Å². The van der Waals surface area contributed by atoms with Crippen molar-refractivity contribution in [1.29, 1.82) is 0 Å². The lowest BCUT2D eigenvalue weighted by Gasteiger charge is -2.26. The number of nitrogens with two attached hydrogens (primary N) is 1. The number of hydrogen-bond acceptors (Lipinski definition) is 6. The molecule has 6 nitrogen and oxygen atoms in total. The van der Waals surface area contributed by atoms with Gasteiger partial charge >= 0.3 is 0 Å². The first-order chi connectivity index (χ1) is 7.25. The minimum atomic E-state index is -0.217. The third-order valence-electron chi connectivity index (χ3n) is 2.25. The van der Waals surface area contributed by atoms with E-state index in [4.69, 9.17) is 5.73 Å². The van der Waals surface area contributed by atoms with Crippen LogP contribution in [-0.2, 0) is 0 Å². The summed E-state index contributed by atoms with van der Waals surface area (Å²) in [6.45, 7) is 1.81. The molecule has 15 heavy (non-hydrogen) atoms. The highest BCUT2D eigenvalue weighted by molar-refractivity contribution is 7.16. The summed E-state index contributed by atoms with van der Waals surface area (Å²) in [6.07, 6.45) is 3.48. The maximum absolute atomic E-state index is 11.6. The predicted octanol–water partition coefficient (Wildman–Crippen LogP) is 0.251. The number of hydrazine groups is 1. The fourth-order valence-electron chi connectivity index (χ4n) is 1.52. The standard InChI is InChI=1S/C8H13N5OS/c9-8-11-10-7(15-8)6(14)12-13-4-2-1-3-5-13/h1-5H2,(H2,9,11)(H,12,14). The summed E-state index contributed by atoms with van der Waals surface area (Å²) >= 11 is 1.10. The summed E-state index contributed by atoms with van der Waals surface area (Å²) in [6, 6.07) is 0. The van der Waals surface area contributed by atoms with E-state index in [1.165, 1.54) is 6.42 Å². The second-order valence-electron chi connectivity index (χ2n) is 3.43. The first kappa shape index (κ1) is 10.3. The summed E-state index contributed by atoms with van der Waals surface area (Å²) in [5.41, 5.74) is 8.20. The summed E-state index contributed by atoms with van der Waals surface area (Å²) in [5, 5.41) is 9.84. The summed E-state index contributed by atoms with van der Waals surface area (Å²) in [5.74, 6) is -0.217. The van der Waals surface area contributed by atoms with Crippen molar-refractivity contribution in [3.63, 3.8) is 0 Å². The Morgan fingerprint density at radius 1 is 1.33 bits per heavy atom. The number of nitrogens with one attached hydrogen (secondary N) is 1. The number of aromatic nitrogens is 2. The second kappa shape index (κ2) is 4.54. The third kappa shape index (κ3) is 2.63. The van der Waals surface area contributed by atoms with Crippen LogP contribution in [0.3, 0.4) is 0 Å². The lowest BCUT2D eigenvalue weighted by Crippen LogP contribution is -2.45. The number of hydrogen-bond donors (Lipinski definition) is 2. The van der Waals surface area contributed by atoms with Gasteiger partial charge in [0, 0.05) is 13.1 Å². The highest BCUT2D eigenvalue weighted by Gasteiger charge is 2.16. The van der Waals surface area contributed by atoms with Crippen molar-refractivity contribution in [2.24, 2.45) is 0 Å². The molecule has 0 aromatic carbocycles. The molecule has 1 amide bonds. The Bertz CT molecular complexity index is 347. The Morgan fingerprint density at radius 3 is 2.67 bits per heavy atom. The van der Waals surface area contributed by atoms with Crippen LogP contribution in [0.1, 0.15) is 29.1 Å². The van der Waals surface area contributed by atoms with Crippen LogP contribution in [0.4, 0.5) is 5.13 Å². The van der Waals surface area contributed by atoms with Crippen LogP contribution in [0.2, 0.25) is 0 Å². The van der Waals surface area contributed by atoms with Crippen molar-refractivity contribution < 1.29 is 4.79 Å². The van der Waals surface area contributed by atoms with Gasteiger partial charge in [0.25, 0.3) is 5.91 Å². The summed E-state index contributed by atoms with van der Waals surface area (Å²) in [4.78, 5) is 11.6. The van der Waals surface area contributed by atoms with E-state index in [0.29, 0.717) is 10.1 Å². The van der Waals surface area contributed by atoms with E-state index in [0.717, 1.165) is 37.3 Å². The van der Waals surface area contributed by atoms with Crippen molar-refractivity contribution in [2.45, 2.75) is 19.3 Å². The van der Waals surface area contributed by atoms with Crippen molar-refractivity contribution >= 4 is 22.4 Å². The van der Waals surface area contributed by atoms with Crippen LogP contribution in [0.5, 0.6) is 0 Å². The van der Waals surface area contributed by atoms with Gasteiger partial charge in [0.2, 0.25) is 10.1 Å². The van der Waals surface area contributed by atoms with E-state index < -0.39 is 0 Å². The molecule has 7 heteroatoms. The number of rotatable bonds is 2. The smallest absolute Gasteiger partial charge is 0.296 e. The number of nitrogen functional groups attached to an aromatic ring is 1. The molecule has 1 aliphatic heterocycles. The Kier molecular flexibility index (Phi) is 3.12. The molecular formula is C8H13N5OS. The lowest BCUT2D eigenvalue weighted by molar-refractivity contribution is 0.0749. The van der Waals surface area contributed by atoms with Crippen LogP contribution in [-0.4, -0.2) is 34.2 Å². The summed E-state index contributed by atoms with van der Waals surface area (Å²) in [7, 11) is 0. The SMILES string of the molecule is Nc1nnc(C(=O)NN2CCCCC2)s1. The molecule has 0 atom stereocenters. The molecule has 82 valence electrons. The van der Waals surface area contributed by atoms with E-state index in [1.54, 1.807) is 0 Å². The minimum absolute atomic E-state index is 0.217. The zero-order valence-corrected chi connectivity index (χ0v) is 9.09. The topological polar surface area (TPSA) is 84.1 Å². The summed E-state index contributed by atoms with van der Waals surface area (Å²) < 4.78 is 0. The van der Waals surface area contributed by atoms with Gasteiger partial charge in [0.15, 0.2) is 0 Å². The van der Waals surface area contributed by atoms with Crippen LogP contribution in [0.15, 0.2) is 0 Å². The first-order valence-corrected chi connectivity index (χ1v) is 5.72. The molecule has 3 N–H and O–H groups in total. The Labute approximate surface area is 91.4 Å². The van der Waals surface area contributed by atoms with Gasteiger partial charge in [0.05, 0.1) is 0 Å². The van der Waals surface area contributed by atoms with Crippen LogP contribution in [0, 0.1) is 0 Å². The maximum Gasteiger partial charge on any atom is 0.296 e. The molecular weight excluding hydrogens is 214 g/mol. The number of carbonyl (C=O) groups excluding carboxylic acids is 1. The Hall–Kier alpha value is -1.21. The third-order valence-corrected chi connectivity index (χ3v) is 3.00. The highest BCUT2D eigenvalue weighted by atomic mass is 32.1. The normalized spacial score (nSPS) is 17.6. The zero-order valence-electron chi connectivity index (χ0n) is 8.27. The molecule has 1 fully saturated rings.